The predicted octanol–water partition coefficient (Wildman–Crippen LogP) is 1.82. The van der Waals surface area contributed by atoms with Gasteiger partial charge in [-0.2, -0.15) is 11.8 Å². The molecule has 1 fully saturated rings. The SMILES string of the molecule is CC[C@@H](NC(=O)NC1CCCCC1SC)C(=O)O. The monoisotopic (exact) mass is 274 g/mol. The minimum absolute atomic E-state index is 0.153. The van der Waals surface area contributed by atoms with E-state index in [4.69, 9.17) is 5.11 Å². The van der Waals surface area contributed by atoms with Crippen LogP contribution in [0.4, 0.5) is 4.79 Å². The Kier molecular flexibility index (Phi) is 6.32. The Labute approximate surface area is 112 Å². The van der Waals surface area contributed by atoms with E-state index in [1.807, 2.05) is 0 Å². The second-order valence-electron chi connectivity index (χ2n) is 4.58. The molecule has 0 bridgehead atoms. The van der Waals surface area contributed by atoms with Gasteiger partial charge in [-0.3, -0.25) is 0 Å². The van der Waals surface area contributed by atoms with E-state index in [1.54, 1.807) is 18.7 Å². The van der Waals surface area contributed by atoms with E-state index in [0.717, 1.165) is 19.3 Å². The summed E-state index contributed by atoms with van der Waals surface area (Å²) < 4.78 is 0. The highest BCUT2D eigenvalue weighted by Gasteiger charge is 2.26. The molecule has 3 atom stereocenters. The molecule has 2 amide bonds. The fraction of sp³-hybridized carbons (Fsp3) is 0.833. The first-order chi connectivity index (χ1) is 8.58. The van der Waals surface area contributed by atoms with Gasteiger partial charge in [0.15, 0.2) is 0 Å². The first-order valence-corrected chi connectivity index (χ1v) is 7.69. The van der Waals surface area contributed by atoms with Gasteiger partial charge in [0, 0.05) is 11.3 Å². The molecule has 3 N–H and O–H groups in total. The van der Waals surface area contributed by atoms with Gasteiger partial charge in [0.2, 0.25) is 0 Å². The lowest BCUT2D eigenvalue weighted by Gasteiger charge is -2.31. The van der Waals surface area contributed by atoms with E-state index < -0.39 is 12.0 Å². The van der Waals surface area contributed by atoms with Crippen molar-refractivity contribution in [2.45, 2.75) is 56.4 Å². The number of carboxylic acid groups (broad SMARTS) is 1. The summed E-state index contributed by atoms with van der Waals surface area (Å²) in [4.78, 5) is 22.6. The second kappa shape index (κ2) is 7.51. The van der Waals surface area contributed by atoms with Crippen LogP contribution in [0.15, 0.2) is 0 Å². The summed E-state index contributed by atoms with van der Waals surface area (Å²) in [6.45, 7) is 1.74. The van der Waals surface area contributed by atoms with Crippen molar-refractivity contribution in [1.29, 1.82) is 0 Å². The van der Waals surface area contributed by atoms with Crippen LogP contribution in [0.2, 0.25) is 0 Å². The van der Waals surface area contributed by atoms with Gasteiger partial charge in [0.1, 0.15) is 6.04 Å². The molecule has 2 unspecified atom stereocenters. The molecule has 0 aliphatic heterocycles. The van der Waals surface area contributed by atoms with Crippen LogP contribution in [0.5, 0.6) is 0 Å². The van der Waals surface area contributed by atoms with Crippen molar-refractivity contribution in [2.24, 2.45) is 0 Å². The number of amides is 2. The molecule has 1 aliphatic carbocycles. The fourth-order valence-electron chi connectivity index (χ4n) is 2.25. The minimum atomic E-state index is -0.988. The van der Waals surface area contributed by atoms with Crippen LogP contribution in [0, 0.1) is 0 Å². The van der Waals surface area contributed by atoms with Gasteiger partial charge in [0.25, 0.3) is 0 Å². The zero-order chi connectivity index (χ0) is 13.5. The lowest BCUT2D eigenvalue weighted by Crippen LogP contribution is -2.52. The highest BCUT2D eigenvalue weighted by Crippen LogP contribution is 2.26. The molecular formula is C12H22N2O3S. The lowest BCUT2D eigenvalue weighted by atomic mass is 9.95. The average Bonchev–Trinajstić information content (AvgIpc) is 2.36. The third-order valence-corrected chi connectivity index (χ3v) is 4.50. The molecule has 0 saturated heterocycles. The van der Waals surface area contributed by atoms with E-state index in [-0.39, 0.29) is 12.1 Å². The number of thioether (sulfide) groups is 1. The smallest absolute Gasteiger partial charge is 0.326 e. The van der Waals surface area contributed by atoms with Crippen molar-refractivity contribution in [2.75, 3.05) is 6.26 Å². The quantitative estimate of drug-likeness (QED) is 0.714. The van der Waals surface area contributed by atoms with Gasteiger partial charge in [-0.15, -0.1) is 0 Å². The first kappa shape index (κ1) is 15.1. The van der Waals surface area contributed by atoms with Crippen LogP contribution < -0.4 is 10.6 Å². The summed E-state index contributed by atoms with van der Waals surface area (Å²) >= 11 is 1.77. The number of aliphatic carboxylic acids is 1. The maximum atomic E-state index is 11.8. The van der Waals surface area contributed by atoms with Crippen molar-refractivity contribution in [3.05, 3.63) is 0 Å². The molecule has 6 heteroatoms. The van der Waals surface area contributed by atoms with Crippen LogP contribution in [0.3, 0.4) is 0 Å². The van der Waals surface area contributed by atoms with Crippen LogP contribution in [-0.2, 0) is 4.79 Å². The van der Waals surface area contributed by atoms with Crippen molar-refractivity contribution >= 4 is 23.8 Å². The Morgan fingerprint density at radius 2 is 2.06 bits per heavy atom. The number of nitrogens with one attached hydrogen (secondary N) is 2. The van der Waals surface area contributed by atoms with Gasteiger partial charge < -0.3 is 15.7 Å². The maximum Gasteiger partial charge on any atom is 0.326 e. The third-order valence-electron chi connectivity index (χ3n) is 3.33. The predicted molar refractivity (Wildman–Crippen MR) is 72.9 cm³/mol. The third kappa shape index (κ3) is 4.40. The number of rotatable bonds is 5. The standard InChI is InChI=1S/C12H22N2O3S/c1-3-8(11(15)16)13-12(17)14-9-6-4-5-7-10(9)18-2/h8-10H,3-7H2,1-2H3,(H,15,16)(H2,13,14,17)/t8-,9?,10?/m1/s1. The summed E-state index contributed by atoms with van der Waals surface area (Å²) in [6.07, 6.45) is 6.86. The average molecular weight is 274 g/mol. The molecule has 1 rings (SSSR count). The molecule has 18 heavy (non-hydrogen) atoms. The number of carbonyl (C=O) groups is 2. The minimum Gasteiger partial charge on any atom is -0.480 e. The highest BCUT2D eigenvalue weighted by molar-refractivity contribution is 7.99. The summed E-state index contributed by atoms with van der Waals surface area (Å²) in [5.74, 6) is -0.988. The van der Waals surface area contributed by atoms with E-state index in [0.29, 0.717) is 11.7 Å². The normalized spacial score (nSPS) is 25.2. The summed E-state index contributed by atoms with van der Waals surface area (Å²) in [6, 6.07) is -1.02. The molecule has 1 saturated carbocycles. The van der Waals surface area contributed by atoms with Crippen molar-refractivity contribution in [3.8, 4) is 0 Å². The molecule has 104 valence electrons. The van der Waals surface area contributed by atoms with E-state index >= 15 is 0 Å². The molecule has 0 aromatic heterocycles. The second-order valence-corrected chi connectivity index (χ2v) is 5.66. The number of hydrogen-bond acceptors (Lipinski definition) is 3. The van der Waals surface area contributed by atoms with Gasteiger partial charge in [-0.25, -0.2) is 9.59 Å². The van der Waals surface area contributed by atoms with Gasteiger partial charge in [-0.05, 0) is 25.5 Å². The lowest BCUT2D eigenvalue weighted by molar-refractivity contribution is -0.139. The Hall–Kier alpha value is -0.910. The van der Waals surface area contributed by atoms with Crippen LogP contribution in [0.25, 0.3) is 0 Å². The number of carbonyl (C=O) groups excluding carboxylic acids is 1. The molecule has 0 aromatic rings. The largest absolute Gasteiger partial charge is 0.480 e. The first-order valence-electron chi connectivity index (χ1n) is 6.41. The number of urea groups is 1. The Bertz CT molecular complexity index is 299. The van der Waals surface area contributed by atoms with Crippen molar-refractivity contribution in [3.63, 3.8) is 0 Å². The highest BCUT2D eigenvalue weighted by atomic mass is 32.2. The van der Waals surface area contributed by atoms with E-state index in [1.165, 1.54) is 6.42 Å². The number of carboxylic acids is 1. The van der Waals surface area contributed by atoms with Gasteiger partial charge in [-0.1, -0.05) is 19.8 Å². The van der Waals surface area contributed by atoms with Gasteiger partial charge >= 0.3 is 12.0 Å². The van der Waals surface area contributed by atoms with Crippen LogP contribution in [-0.4, -0.2) is 40.7 Å². The zero-order valence-corrected chi connectivity index (χ0v) is 11.8. The van der Waals surface area contributed by atoms with Crippen molar-refractivity contribution < 1.29 is 14.7 Å². The molecule has 5 nitrogen and oxygen atoms in total. The topological polar surface area (TPSA) is 78.4 Å². The molecule has 0 heterocycles. The Morgan fingerprint density at radius 3 is 2.61 bits per heavy atom. The molecule has 0 aromatic carbocycles. The van der Waals surface area contributed by atoms with E-state index in [9.17, 15) is 9.59 Å². The van der Waals surface area contributed by atoms with Crippen LogP contribution >= 0.6 is 11.8 Å². The summed E-state index contributed by atoms with van der Waals surface area (Å²) in [5, 5.41) is 14.7. The Balaban J connectivity index is 2.45. The van der Waals surface area contributed by atoms with Gasteiger partial charge in [0.05, 0.1) is 0 Å². The van der Waals surface area contributed by atoms with Crippen molar-refractivity contribution in [1.82, 2.24) is 10.6 Å². The molecule has 0 spiro atoms. The summed E-state index contributed by atoms with van der Waals surface area (Å²) in [7, 11) is 0. The fourth-order valence-corrected chi connectivity index (χ4v) is 3.19. The number of hydrogen-bond donors (Lipinski definition) is 3. The zero-order valence-electron chi connectivity index (χ0n) is 10.9. The Morgan fingerprint density at radius 1 is 1.39 bits per heavy atom. The molecule has 1 aliphatic rings. The molecule has 0 radical (unpaired) electrons. The van der Waals surface area contributed by atoms with E-state index in [2.05, 4.69) is 16.9 Å². The molecular weight excluding hydrogens is 252 g/mol. The maximum absolute atomic E-state index is 11.8. The van der Waals surface area contributed by atoms with Crippen LogP contribution in [0.1, 0.15) is 39.0 Å². The summed E-state index contributed by atoms with van der Waals surface area (Å²) in [5.41, 5.74) is 0.